The van der Waals surface area contributed by atoms with Gasteiger partial charge in [0.25, 0.3) is 0 Å². The lowest BCUT2D eigenvalue weighted by molar-refractivity contribution is -0.136. The molecule has 7 nitrogen and oxygen atoms in total. The summed E-state index contributed by atoms with van der Waals surface area (Å²) in [5.41, 5.74) is 2.42. The van der Waals surface area contributed by atoms with Gasteiger partial charge in [-0.05, 0) is 36.8 Å². The van der Waals surface area contributed by atoms with Crippen molar-refractivity contribution in [3.63, 3.8) is 0 Å². The lowest BCUT2D eigenvalue weighted by atomic mass is 10.1. The van der Waals surface area contributed by atoms with Crippen molar-refractivity contribution in [3.05, 3.63) is 53.6 Å². The zero-order valence-electron chi connectivity index (χ0n) is 14.8. The number of aryl methyl sites for hydroxylation is 1. The van der Waals surface area contributed by atoms with Crippen LogP contribution in [0.5, 0.6) is 5.75 Å². The highest BCUT2D eigenvalue weighted by Crippen LogP contribution is 2.29. The molecule has 1 fully saturated rings. The lowest BCUT2D eigenvalue weighted by Crippen LogP contribution is -2.28. The maximum atomic E-state index is 12.6. The van der Waals surface area contributed by atoms with Gasteiger partial charge in [-0.15, -0.1) is 0 Å². The Kier molecular flexibility index (Phi) is 5.12. The molecule has 27 heavy (non-hydrogen) atoms. The van der Waals surface area contributed by atoms with Crippen LogP contribution in [0, 0.1) is 12.8 Å². The van der Waals surface area contributed by atoms with Crippen molar-refractivity contribution >= 4 is 29.2 Å². The zero-order valence-corrected chi connectivity index (χ0v) is 14.8. The molecule has 7 heteroatoms. The second-order valence-corrected chi connectivity index (χ2v) is 6.65. The molecule has 3 N–H and O–H groups in total. The van der Waals surface area contributed by atoms with Crippen molar-refractivity contribution in [1.29, 1.82) is 0 Å². The average molecular weight is 368 g/mol. The number of hydrogen-bond acceptors (Lipinski definition) is 4. The number of carbonyl (C=O) groups is 3. The summed E-state index contributed by atoms with van der Waals surface area (Å²) < 4.78 is 0. The summed E-state index contributed by atoms with van der Waals surface area (Å²) in [6, 6.07) is 11.7. The number of amides is 2. The Morgan fingerprint density at radius 3 is 2.56 bits per heavy atom. The summed E-state index contributed by atoms with van der Waals surface area (Å²) in [5, 5.41) is 21.4. The molecule has 2 aromatic carbocycles. The van der Waals surface area contributed by atoms with Crippen LogP contribution in [-0.4, -0.2) is 34.5 Å². The number of benzene rings is 2. The highest BCUT2D eigenvalue weighted by molar-refractivity contribution is 6.04. The first-order valence-electron chi connectivity index (χ1n) is 8.55. The van der Waals surface area contributed by atoms with Gasteiger partial charge in [-0.1, -0.05) is 23.8 Å². The Hall–Kier alpha value is -3.35. The Labute approximate surface area is 156 Å². The van der Waals surface area contributed by atoms with E-state index >= 15 is 0 Å². The van der Waals surface area contributed by atoms with Crippen LogP contribution in [0.2, 0.25) is 0 Å². The van der Waals surface area contributed by atoms with E-state index in [1.54, 1.807) is 4.90 Å². The van der Waals surface area contributed by atoms with Crippen LogP contribution in [0.4, 0.5) is 11.4 Å². The van der Waals surface area contributed by atoms with Gasteiger partial charge in [0, 0.05) is 18.7 Å². The standard InChI is InChI=1S/C20H20N2O5/c1-12-2-5-15(6-3-12)22-11-14(10-18(22)24)20(27)21-16-8-13(9-19(25)26)4-7-17(16)23/h2-8,14,23H,9-11H2,1H3,(H,21,27)(H,25,26). The number of carbonyl (C=O) groups excluding carboxylic acids is 2. The van der Waals surface area contributed by atoms with Crippen molar-refractivity contribution in [3.8, 4) is 5.75 Å². The third-order valence-electron chi connectivity index (χ3n) is 4.52. The van der Waals surface area contributed by atoms with E-state index < -0.39 is 11.9 Å². The van der Waals surface area contributed by atoms with E-state index in [4.69, 9.17) is 5.11 Å². The summed E-state index contributed by atoms with van der Waals surface area (Å²) in [4.78, 5) is 37.3. The molecule has 0 radical (unpaired) electrons. The Bertz CT molecular complexity index is 892. The monoisotopic (exact) mass is 368 g/mol. The molecule has 1 aliphatic heterocycles. The summed E-state index contributed by atoms with van der Waals surface area (Å²) in [7, 11) is 0. The molecule has 1 unspecified atom stereocenters. The van der Waals surface area contributed by atoms with Crippen molar-refractivity contribution in [2.24, 2.45) is 5.92 Å². The largest absolute Gasteiger partial charge is 0.506 e. The fourth-order valence-corrected chi connectivity index (χ4v) is 3.06. The Morgan fingerprint density at radius 1 is 1.19 bits per heavy atom. The minimum absolute atomic E-state index is 0.0787. The third-order valence-corrected chi connectivity index (χ3v) is 4.52. The van der Waals surface area contributed by atoms with E-state index in [1.165, 1.54) is 18.2 Å². The van der Waals surface area contributed by atoms with E-state index in [9.17, 15) is 19.5 Å². The second kappa shape index (κ2) is 7.49. The number of aliphatic carboxylic acids is 1. The van der Waals surface area contributed by atoms with Crippen molar-refractivity contribution in [2.45, 2.75) is 19.8 Å². The predicted molar refractivity (Wildman–Crippen MR) is 99.7 cm³/mol. The summed E-state index contributed by atoms with van der Waals surface area (Å²) in [5.74, 6) is -2.24. The molecule has 0 spiro atoms. The van der Waals surface area contributed by atoms with Gasteiger partial charge in [-0.2, -0.15) is 0 Å². The maximum absolute atomic E-state index is 12.6. The van der Waals surface area contributed by atoms with Crippen LogP contribution < -0.4 is 10.2 Å². The van der Waals surface area contributed by atoms with Crippen LogP contribution in [0.25, 0.3) is 0 Å². The predicted octanol–water partition coefficient (Wildman–Crippen LogP) is 2.32. The van der Waals surface area contributed by atoms with Crippen molar-refractivity contribution in [2.75, 3.05) is 16.8 Å². The first-order valence-corrected chi connectivity index (χ1v) is 8.55. The van der Waals surface area contributed by atoms with Crippen molar-refractivity contribution in [1.82, 2.24) is 0 Å². The molecule has 1 saturated heterocycles. The first-order chi connectivity index (χ1) is 12.8. The van der Waals surface area contributed by atoms with Crippen LogP contribution >= 0.6 is 0 Å². The summed E-state index contributed by atoms with van der Waals surface area (Å²) in [6.07, 6.45) is -0.137. The average Bonchev–Trinajstić information content (AvgIpc) is 3.00. The fraction of sp³-hybridized carbons (Fsp3) is 0.250. The van der Waals surface area contributed by atoms with E-state index in [-0.39, 0.29) is 42.6 Å². The number of aromatic hydroxyl groups is 1. The van der Waals surface area contributed by atoms with Gasteiger partial charge in [0.1, 0.15) is 5.75 Å². The number of carboxylic acid groups (broad SMARTS) is 1. The molecular weight excluding hydrogens is 348 g/mol. The van der Waals surface area contributed by atoms with E-state index in [2.05, 4.69) is 5.32 Å². The second-order valence-electron chi connectivity index (χ2n) is 6.65. The van der Waals surface area contributed by atoms with Gasteiger partial charge in [0.05, 0.1) is 18.0 Å². The molecule has 0 saturated carbocycles. The van der Waals surface area contributed by atoms with Gasteiger partial charge < -0.3 is 20.4 Å². The molecule has 2 amide bonds. The van der Waals surface area contributed by atoms with Crippen molar-refractivity contribution < 1.29 is 24.6 Å². The van der Waals surface area contributed by atoms with Crippen LogP contribution in [0.3, 0.4) is 0 Å². The summed E-state index contributed by atoms with van der Waals surface area (Å²) in [6.45, 7) is 2.21. The molecule has 2 aromatic rings. The highest BCUT2D eigenvalue weighted by Gasteiger charge is 2.35. The van der Waals surface area contributed by atoms with Gasteiger partial charge in [0.15, 0.2) is 0 Å². The van der Waals surface area contributed by atoms with Crippen LogP contribution in [0.15, 0.2) is 42.5 Å². The van der Waals surface area contributed by atoms with Gasteiger partial charge in [-0.3, -0.25) is 14.4 Å². The first kappa shape index (κ1) is 18.4. The molecule has 140 valence electrons. The molecular formula is C20H20N2O5. The number of phenols is 1. The quantitative estimate of drug-likeness (QED) is 0.702. The Balaban J connectivity index is 1.71. The normalized spacial score (nSPS) is 16.4. The fourth-order valence-electron chi connectivity index (χ4n) is 3.06. The van der Waals surface area contributed by atoms with E-state index in [1.807, 2.05) is 31.2 Å². The SMILES string of the molecule is Cc1ccc(N2CC(C(=O)Nc3cc(CC(=O)O)ccc3O)CC2=O)cc1. The molecule has 1 atom stereocenters. The molecule has 3 rings (SSSR count). The topological polar surface area (TPSA) is 107 Å². The van der Waals surface area contributed by atoms with E-state index in [0.29, 0.717) is 5.56 Å². The number of hydrogen-bond donors (Lipinski definition) is 3. The maximum Gasteiger partial charge on any atom is 0.307 e. The van der Waals surface area contributed by atoms with Crippen LogP contribution in [0.1, 0.15) is 17.5 Å². The number of anilines is 2. The smallest absolute Gasteiger partial charge is 0.307 e. The molecule has 1 heterocycles. The highest BCUT2D eigenvalue weighted by atomic mass is 16.4. The molecule has 0 aromatic heterocycles. The molecule has 0 bridgehead atoms. The number of rotatable bonds is 5. The van der Waals surface area contributed by atoms with E-state index in [0.717, 1.165) is 11.3 Å². The minimum atomic E-state index is -1.01. The third kappa shape index (κ3) is 4.25. The van der Waals surface area contributed by atoms with Gasteiger partial charge in [0.2, 0.25) is 11.8 Å². The number of phenolic OH excluding ortho intramolecular Hbond substituents is 1. The van der Waals surface area contributed by atoms with Crippen LogP contribution in [-0.2, 0) is 20.8 Å². The minimum Gasteiger partial charge on any atom is -0.506 e. The molecule has 0 aliphatic carbocycles. The molecule has 1 aliphatic rings. The van der Waals surface area contributed by atoms with Gasteiger partial charge >= 0.3 is 5.97 Å². The Morgan fingerprint density at radius 2 is 1.89 bits per heavy atom. The van der Waals surface area contributed by atoms with Gasteiger partial charge in [-0.25, -0.2) is 0 Å². The summed E-state index contributed by atoms with van der Waals surface area (Å²) >= 11 is 0. The number of carboxylic acids is 1. The number of nitrogens with zero attached hydrogens (tertiary/aromatic N) is 1. The zero-order chi connectivity index (χ0) is 19.6. The lowest BCUT2D eigenvalue weighted by Gasteiger charge is -2.17. The number of nitrogens with one attached hydrogen (secondary N) is 1.